The first-order valence-corrected chi connectivity index (χ1v) is 9.48. The predicted octanol–water partition coefficient (Wildman–Crippen LogP) is 6.23. The van der Waals surface area contributed by atoms with E-state index in [4.69, 9.17) is 0 Å². The van der Waals surface area contributed by atoms with Crippen LogP contribution in [0.15, 0.2) is 71.4 Å². The van der Waals surface area contributed by atoms with E-state index >= 15 is 0 Å². The van der Waals surface area contributed by atoms with E-state index in [9.17, 15) is 0 Å². The van der Waals surface area contributed by atoms with Crippen LogP contribution in [-0.4, -0.2) is 0 Å². The van der Waals surface area contributed by atoms with Crippen LogP contribution < -0.4 is 0 Å². The highest BCUT2D eigenvalue weighted by atomic mass is 14.6. The van der Waals surface area contributed by atoms with E-state index in [1.54, 1.807) is 22.3 Å². The topological polar surface area (TPSA) is 0 Å². The van der Waals surface area contributed by atoms with Gasteiger partial charge in [0.15, 0.2) is 0 Å². The van der Waals surface area contributed by atoms with Crippen LogP contribution in [0.4, 0.5) is 0 Å². The quantitative estimate of drug-likeness (QED) is 0.576. The lowest BCUT2D eigenvalue weighted by molar-refractivity contribution is 0.334. The maximum atomic E-state index is 4.45. The zero-order valence-electron chi connectivity index (χ0n) is 14.9. The van der Waals surface area contributed by atoms with E-state index in [0.717, 1.165) is 12.3 Å². The highest BCUT2D eigenvalue weighted by Crippen LogP contribution is 2.68. The van der Waals surface area contributed by atoms with Crippen LogP contribution in [0.3, 0.4) is 0 Å². The highest BCUT2D eigenvalue weighted by Gasteiger charge is 2.59. The Morgan fingerprint density at radius 3 is 2.75 bits per heavy atom. The Morgan fingerprint density at radius 1 is 1.17 bits per heavy atom. The van der Waals surface area contributed by atoms with E-state index in [1.807, 2.05) is 0 Å². The normalized spacial score (nSPS) is 36.4. The summed E-state index contributed by atoms with van der Waals surface area (Å²) in [5.74, 6) is 1.97. The predicted molar refractivity (Wildman–Crippen MR) is 101 cm³/mol. The van der Waals surface area contributed by atoms with Gasteiger partial charge in [-0.3, -0.25) is 0 Å². The van der Waals surface area contributed by atoms with E-state index in [1.165, 1.54) is 36.0 Å². The molecule has 1 aromatic rings. The minimum Gasteiger partial charge on any atom is -0.0952 e. The van der Waals surface area contributed by atoms with Crippen LogP contribution in [0.2, 0.25) is 0 Å². The molecule has 3 unspecified atom stereocenters. The van der Waals surface area contributed by atoms with Gasteiger partial charge in [-0.15, -0.1) is 0 Å². The molecule has 5 rings (SSSR count). The van der Waals surface area contributed by atoms with E-state index in [2.05, 4.69) is 57.3 Å². The number of allylic oxidation sites excluding steroid dienone is 6. The molecule has 0 amide bonds. The van der Waals surface area contributed by atoms with E-state index in [0.29, 0.717) is 11.8 Å². The van der Waals surface area contributed by atoms with Crippen LogP contribution >= 0.6 is 0 Å². The second-order valence-corrected chi connectivity index (χ2v) is 8.39. The number of rotatable bonds is 1. The Bertz CT molecular complexity index is 847. The van der Waals surface area contributed by atoms with Gasteiger partial charge in [-0.2, -0.15) is 0 Å². The molecule has 0 bridgehead atoms. The van der Waals surface area contributed by atoms with Gasteiger partial charge in [0.25, 0.3) is 0 Å². The molecule has 0 aromatic heterocycles. The Morgan fingerprint density at radius 2 is 1.96 bits per heavy atom. The molecule has 4 aliphatic rings. The van der Waals surface area contributed by atoms with Gasteiger partial charge < -0.3 is 0 Å². The molecule has 0 radical (unpaired) electrons. The number of fused-ring (bicyclic) bond motifs is 2. The molecule has 0 heteroatoms. The summed E-state index contributed by atoms with van der Waals surface area (Å²) >= 11 is 0. The Hall–Kier alpha value is -1.82. The summed E-state index contributed by atoms with van der Waals surface area (Å²) in [5.41, 5.74) is 10.7. The molecule has 1 fully saturated rings. The molecule has 4 atom stereocenters. The zero-order valence-corrected chi connectivity index (χ0v) is 14.9. The maximum Gasteiger partial charge on any atom is 0.0245 e. The van der Waals surface area contributed by atoms with Crippen LogP contribution in [0, 0.1) is 11.8 Å². The molecular weight excluding hydrogens is 288 g/mol. The highest BCUT2D eigenvalue weighted by molar-refractivity contribution is 5.69. The summed E-state index contributed by atoms with van der Waals surface area (Å²) < 4.78 is 0. The van der Waals surface area contributed by atoms with Gasteiger partial charge in [0.2, 0.25) is 0 Å². The van der Waals surface area contributed by atoms with Crippen LogP contribution in [-0.2, 0) is 5.41 Å². The van der Waals surface area contributed by atoms with Crippen molar-refractivity contribution in [1.29, 1.82) is 0 Å². The van der Waals surface area contributed by atoms with Gasteiger partial charge in [-0.05, 0) is 64.5 Å². The summed E-state index contributed by atoms with van der Waals surface area (Å²) in [6, 6.07) is 9.25. The van der Waals surface area contributed by atoms with Gasteiger partial charge in [0.1, 0.15) is 0 Å². The molecule has 0 N–H and O–H groups in total. The van der Waals surface area contributed by atoms with Gasteiger partial charge in [-0.1, -0.05) is 69.3 Å². The standard InChI is InChI=1S/C24H26/c1-5-17-11-18-12-20-14(2)10-15(3)22(20)23-16(4)19-8-6-7-9-21(19)24(18,23)13-17/h6-9,12,16-17,23H,2-3,5,10-11,13H2,1,4H3/t16?,17-,23?,24?/m0/s1. The molecule has 4 aliphatic carbocycles. The lowest BCUT2D eigenvalue weighted by Gasteiger charge is -2.41. The second-order valence-electron chi connectivity index (χ2n) is 8.39. The van der Waals surface area contributed by atoms with Crippen LogP contribution in [0.25, 0.3) is 0 Å². The van der Waals surface area contributed by atoms with Crippen molar-refractivity contribution in [2.75, 3.05) is 0 Å². The van der Waals surface area contributed by atoms with Gasteiger partial charge >= 0.3 is 0 Å². The smallest absolute Gasteiger partial charge is 0.0245 e. The van der Waals surface area contributed by atoms with Crippen molar-refractivity contribution in [1.82, 2.24) is 0 Å². The average Bonchev–Trinajstić information content (AvgIpc) is 3.18. The zero-order chi connectivity index (χ0) is 16.6. The first kappa shape index (κ1) is 14.5. The SMILES string of the molecule is C=C1CC(=C)C2=C1C=C1C[C@H](CC)CC13c1ccccc1C(C)C23. The number of hydrogen-bond acceptors (Lipinski definition) is 0. The van der Waals surface area contributed by atoms with Crippen molar-refractivity contribution in [3.05, 3.63) is 82.5 Å². The first-order chi connectivity index (χ1) is 11.6. The lowest BCUT2D eigenvalue weighted by atomic mass is 9.62. The molecule has 122 valence electrons. The van der Waals surface area contributed by atoms with Crippen LogP contribution in [0.5, 0.6) is 0 Å². The summed E-state index contributed by atoms with van der Waals surface area (Å²) in [7, 11) is 0. The summed E-state index contributed by atoms with van der Waals surface area (Å²) in [6.07, 6.45) is 7.37. The minimum absolute atomic E-state index is 0.239. The summed E-state index contributed by atoms with van der Waals surface area (Å²) in [5, 5.41) is 0. The molecule has 0 nitrogen and oxygen atoms in total. The first-order valence-electron chi connectivity index (χ1n) is 9.48. The van der Waals surface area contributed by atoms with Crippen molar-refractivity contribution in [3.63, 3.8) is 0 Å². The Kier molecular flexibility index (Phi) is 2.80. The largest absolute Gasteiger partial charge is 0.0952 e. The van der Waals surface area contributed by atoms with Crippen molar-refractivity contribution in [2.45, 2.75) is 50.9 Å². The fourth-order valence-corrected chi connectivity index (χ4v) is 6.38. The van der Waals surface area contributed by atoms with Crippen LogP contribution in [0.1, 0.15) is 56.6 Å². The number of benzene rings is 1. The lowest BCUT2D eigenvalue weighted by Crippen LogP contribution is -2.35. The van der Waals surface area contributed by atoms with Crippen molar-refractivity contribution >= 4 is 0 Å². The third-order valence-corrected chi connectivity index (χ3v) is 7.34. The Labute approximate surface area is 145 Å². The number of hydrogen-bond donors (Lipinski definition) is 0. The molecule has 1 aromatic carbocycles. The maximum absolute atomic E-state index is 4.45. The molecule has 24 heavy (non-hydrogen) atoms. The second kappa shape index (κ2) is 4.63. The minimum atomic E-state index is 0.239. The Balaban J connectivity index is 1.81. The van der Waals surface area contributed by atoms with Crippen molar-refractivity contribution < 1.29 is 0 Å². The van der Waals surface area contributed by atoms with Gasteiger partial charge in [0, 0.05) is 11.3 Å². The fraction of sp³-hybridized carbons (Fsp3) is 0.417. The summed E-state index contributed by atoms with van der Waals surface area (Å²) in [6.45, 7) is 13.6. The third-order valence-electron chi connectivity index (χ3n) is 7.34. The van der Waals surface area contributed by atoms with Gasteiger partial charge in [0.05, 0.1) is 0 Å². The average molecular weight is 314 g/mol. The van der Waals surface area contributed by atoms with Gasteiger partial charge in [-0.25, -0.2) is 0 Å². The van der Waals surface area contributed by atoms with Crippen molar-refractivity contribution in [2.24, 2.45) is 11.8 Å². The molecule has 1 saturated carbocycles. The molecule has 1 spiro atoms. The van der Waals surface area contributed by atoms with E-state index in [-0.39, 0.29) is 5.41 Å². The third kappa shape index (κ3) is 1.51. The molecule has 0 heterocycles. The molecular formula is C24H26. The van der Waals surface area contributed by atoms with Crippen molar-refractivity contribution in [3.8, 4) is 0 Å². The summed E-state index contributed by atoms with van der Waals surface area (Å²) in [4.78, 5) is 0. The van der Waals surface area contributed by atoms with E-state index < -0.39 is 0 Å². The molecule has 0 aliphatic heterocycles. The molecule has 0 saturated heterocycles. The fourth-order valence-electron chi connectivity index (χ4n) is 6.38. The monoisotopic (exact) mass is 314 g/mol.